The van der Waals surface area contributed by atoms with Crippen LogP contribution in [0.3, 0.4) is 0 Å². The fraction of sp³-hybridized carbons (Fsp3) is 0.647. The van der Waals surface area contributed by atoms with E-state index in [0.717, 1.165) is 5.56 Å². The molecule has 0 fully saturated rings. The van der Waals surface area contributed by atoms with Gasteiger partial charge in [-0.15, -0.1) is 6.10 Å². The molecular formula is C17H27NaO. The van der Waals surface area contributed by atoms with Crippen molar-refractivity contribution >= 4 is 0 Å². The second-order valence-electron chi connectivity index (χ2n) is 6.22. The molecule has 0 aliphatic carbocycles. The molecule has 1 aromatic rings. The van der Waals surface area contributed by atoms with Crippen LogP contribution in [0.2, 0.25) is 0 Å². The van der Waals surface area contributed by atoms with Gasteiger partial charge in [0.1, 0.15) is 0 Å². The molecule has 0 aromatic heterocycles. The topological polar surface area (TPSA) is 23.1 Å². The van der Waals surface area contributed by atoms with Gasteiger partial charge in [-0.3, -0.25) is 0 Å². The summed E-state index contributed by atoms with van der Waals surface area (Å²) in [5.41, 5.74) is 4.87. The van der Waals surface area contributed by atoms with Crippen LogP contribution in [0.15, 0.2) is 12.1 Å². The average Bonchev–Trinajstić information content (AvgIpc) is 2.26. The minimum atomic E-state index is -0.638. The molecule has 1 rings (SSSR count). The fourth-order valence-electron chi connectivity index (χ4n) is 2.48. The second kappa shape index (κ2) is 7.83. The maximum absolute atomic E-state index is 12.1. The summed E-state index contributed by atoms with van der Waals surface area (Å²) in [5, 5.41) is 12.1. The molecule has 0 aliphatic rings. The molecule has 0 saturated carbocycles. The quantitative estimate of drug-likeness (QED) is 0.760. The maximum atomic E-state index is 12.1. The van der Waals surface area contributed by atoms with E-state index in [1.807, 2.05) is 0 Å². The first-order chi connectivity index (χ1) is 8.25. The van der Waals surface area contributed by atoms with Crippen molar-refractivity contribution in [2.24, 2.45) is 0 Å². The summed E-state index contributed by atoms with van der Waals surface area (Å²) in [6.45, 7) is 14.9. The molecule has 0 bridgehead atoms. The predicted octanol–water partition coefficient (Wildman–Crippen LogP) is 1.48. The molecule has 0 spiro atoms. The third-order valence-corrected chi connectivity index (χ3v) is 3.58. The SMILES string of the molecule is CC(C)c1cc(C(C)C)c([C@H](C)[O-])c(C(C)C)c1.[Na+]. The molecule has 1 aromatic carbocycles. The minimum Gasteiger partial charge on any atom is -0.849 e. The van der Waals surface area contributed by atoms with Gasteiger partial charge in [0, 0.05) is 0 Å². The molecule has 1 atom stereocenters. The third-order valence-electron chi connectivity index (χ3n) is 3.58. The zero-order chi connectivity index (χ0) is 14.0. The van der Waals surface area contributed by atoms with Gasteiger partial charge in [0.2, 0.25) is 0 Å². The first-order valence-electron chi connectivity index (χ1n) is 7.09. The Labute approximate surface area is 141 Å². The number of benzene rings is 1. The van der Waals surface area contributed by atoms with Gasteiger partial charge in [-0.1, -0.05) is 66.2 Å². The van der Waals surface area contributed by atoms with Gasteiger partial charge in [0.25, 0.3) is 0 Å². The van der Waals surface area contributed by atoms with Crippen LogP contribution < -0.4 is 34.7 Å². The molecule has 1 nitrogen and oxygen atoms in total. The predicted molar refractivity (Wildman–Crippen MR) is 77.1 cm³/mol. The maximum Gasteiger partial charge on any atom is 1.00 e. The summed E-state index contributed by atoms with van der Waals surface area (Å²) in [4.78, 5) is 0. The van der Waals surface area contributed by atoms with Crippen LogP contribution in [0.5, 0.6) is 0 Å². The van der Waals surface area contributed by atoms with Gasteiger partial charge >= 0.3 is 29.6 Å². The van der Waals surface area contributed by atoms with Crippen LogP contribution in [0.1, 0.15) is 94.6 Å². The minimum absolute atomic E-state index is 0. The summed E-state index contributed by atoms with van der Waals surface area (Å²) in [6.07, 6.45) is -0.638. The molecule has 0 unspecified atom stereocenters. The Bertz CT molecular complexity index is 377. The molecule has 19 heavy (non-hydrogen) atoms. The average molecular weight is 270 g/mol. The van der Waals surface area contributed by atoms with Crippen molar-refractivity contribution < 1.29 is 34.7 Å². The first-order valence-corrected chi connectivity index (χ1v) is 7.09. The van der Waals surface area contributed by atoms with Crippen LogP contribution in [-0.4, -0.2) is 0 Å². The normalized spacial score (nSPS) is 13.0. The summed E-state index contributed by atoms with van der Waals surface area (Å²) in [7, 11) is 0. The van der Waals surface area contributed by atoms with E-state index < -0.39 is 6.10 Å². The molecule has 2 heteroatoms. The van der Waals surface area contributed by atoms with Crippen molar-refractivity contribution in [2.75, 3.05) is 0 Å². The van der Waals surface area contributed by atoms with E-state index in [1.54, 1.807) is 6.92 Å². The van der Waals surface area contributed by atoms with Crippen molar-refractivity contribution in [3.8, 4) is 0 Å². The fourth-order valence-corrected chi connectivity index (χ4v) is 2.48. The Morgan fingerprint density at radius 2 is 1.11 bits per heavy atom. The molecule has 0 saturated heterocycles. The van der Waals surface area contributed by atoms with E-state index in [0.29, 0.717) is 17.8 Å². The van der Waals surface area contributed by atoms with Crippen LogP contribution in [0, 0.1) is 0 Å². The van der Waals surface area contributed by atoms with Crippen LogP contribution in [0.4, 0.5) is 0 Å². The van der Waals surface area contributed by atoms with Crippen molar-refractivity contribution in [3.05, 3.63) is 34.4 Å². The standard InChI is InChI=1S/C17H27O.Na/c1-10(2)14-8-15(11(3)4)17(13(7)18)16(9-14)12(5)6;/h8-13H,1-7H3;/q-1;+1/t13-;/m0./s1. The van der Waals surface area contributed by atoms with Gasteiger partial charge < -0.3 is 5.11 Å². The Kier molecular flexibility index (Phi) is 7.90. The van der Waals surface area contributed by atoms with Gasteiger partial charge in [0.05, 0.1) is 0 Å². The van der Waals surface area contributed by atoms with E-state index >= 15 is 0 Å². The van der Waals surface area contributed by atoms with Crippen LogP contribution in [-0.2, 0) is 0 Å². The molecule has 0 amide bonds. The Hall–Kier alpha value is 0.180. The number of hydrogen-bond acceptors (Lipinski definition) is 1. The number of hydrogen-bond donors (Lipinski definition) is 0. The molecule has 0 N–H and O–H groups in total. The third kappa shape index (κ3) is 4.60. The smallest absolute Gasteiger partial charge is 0.849 e. The van der Waals surface area contributed by atoms with Gasteiger partial charge in [-0.05, 0) is 34.4 Å². The van der Waals surface area contributed by atoms with E-state index in [4.69, 9.17) is 0 Å². The van der Waals surface area contributed by atoms with Crippen LogP contribution in [0.25, 0.3) is 0 Å². The summed E-state index contributed by atoms with van der Waals surface area (Å²) < 4.78 is 0. The van der Waals surface area contributed by atoms with Crippen molar-refractivity contribution in [3.63, 3.8) is 0 Å². The zero-order valence-corrected chi connectivity index (χ0v) is 15.9. The van der Waals surface area contributed by atoms with E-state index in [9.17, 15) is 5.11 Å². The Morgan fingerprint density at radius 3 is 1.32 bits per heavy atom. The van der Waals surface area contributed by atoms with E-state index in [-0.39, 0.29) is 29.6 Å². The molecule has 0 heterocycles. The Balaban J connectivity index is 0.00000324. The van der Waals surface area contributed by atoms with E-state index in [2.05, 4.69) is 53.7 Å². The van der Waals surface area contributed by atoms with Crippen molar-refractivity contribution in [1.82, 2.24) is 0 Å². The molecule has 102 valence electrons. The van der Waals surface area contributed by atoms with Gasteiger partial charge in [0.15, 0.2) is 0 Å². The number of rotatable bonds is 4. The summed E-state index contributed by atoms with van der Waals surface area (Å²) >= 11 is 0. The molecular weight excluding hydrogens is 243 g/mol. The monoisotopic (exact) mass is 270 g/mol. The summed E-state index contributed by atoms with van der Waals surface area (Å²) in [6, 6.07) is 4.48. The zero-order valence-electron chi connectivity index (χ0n) is 13.9. The largest absolute Gasteiger partial charge is 1.00 e. The van der Waals surface area contributed by atoms with Crippen molar-refractivity contribution in [2.45, 2.75) is 72.3 Å². The second-order valence-corrected chi connectivity index (χ2v) is 6.22. The Morgan fingerprint density at radius 1 is 0.737 bits per heavy atom. The molecule has 0 radical (unpaired) electrons. The van der Waals surface area contributed by atoms with Gasteiger partial charge in [-0.25, -0.2) is 0 Å². The van der Waals surface area contributed by atoms with E-state index in [1.165, 1.54) is 16.7 Å². The van der Waals surface area contributed by atoms with Gasteiger partial charge in [-0.2, -0.15) is 0 Å². The van der Waals surface area contributed by atoms with Crippen LogP contribution >= 0.6 is 0 Å². The molecule has 0 aliphatic heterocycles. The first kappa shape index (κ1) is 19.2. The van der Waals surface area contributed by atoms with Crippen molar-refractivity contribution in [1.29, 1.82) is 0 Å². The summed E-state index contributed by atoms with van der Waals surface area (Å²) in [5.74, 6) is 1.33.